The Balaban J connectivity index is 1.84. The molecule has 1 saturated heterocycles. The molecule has 0 saturated carbocycles. The predicted octanol–water partition coefficient (Wildman–Crippen LogP) is 2.03. The molecule has 0 aromatic heterocycles. The normalized spacial score (nSPS) is 20.6. The topological polar surface area (TPSA) is 83.7 Å². The summed E-state index contributed by atoms with van der Waals surface area (Å²) in [5.41, 5.74) is 7.70. The molecule has 27 heavy (non-hydrogen) atoms. The lowest BCUT2D eigenvalue weighted by molar-refractivity contribution is -0.116. The van der Waals surface area contributed by atoms with Gasteiger partial charge in [0.15, 0.2) is 0 Å². The Hall–Kier alpha value is -2.22. The van der Waals surface area contributed by atoms with Crippen molar-refractivity contribution in [2.75, 3.05) is 31.6 Å². The first-order chi connectivity index (χ1) is 12.8. The van der Waals surface area contributed by atoms with Crippen LogP contribution in [0.5, 0.6) is 0 Å². The SMILES string of the molecule is CC(=O)N(C)c1ccc(S(=O)(=O)N2C[C@@H](CN)[C@H](c3ccccc3)C2)cc1. The number of anilines is 1. The van der Waals surface area contributed by atoms with Gasteiger partial charge in [0.1, 0.15) is 0 Å². The molecule has 0 radical (unpaired) electrons. The summed E-state index contributed by atoms with van der Waals surface area (Å²) in [7, 11) is -1.96. The first kappa shape index (κ1) is 19.5. The zero-order valence-electron chi connectivity index (χ0n) is 15.6. The molecule has 0 unspecified atom stereocenters. The van der Waals surface area contributed by atoms with Crippen molar-refractivity contribution in [1.82, 2.24) is 4.31 Å². The number of carbonyl (C=O) groups excluding carboxylic acids is 1. The molecule has 7 heteroatoms. The van der Waals surface area contributed by atoms with Crippen LogP contribution in [-0.2, 0) is 14.8 Å². The van der Waals surface area contributed by atoms with Crippen LogP contribution in [0.15, 0.2) is 59.5 Å². The monoisotopic (exact) mass is 387 g/mol. The molecule has 6 nitrogen and oxygen atoms in total. The van der Waals surface area contributed by atoms with Crippen LogP contribution in [0.25, 0.3) is 0 Å². The van der Waals surface area contributed by atoms with E-state index in [1.807, 2.05) is 30.3 Å². The van der Waals surface area contributed by atoms with Gasteiger partial charge in [-0.25, -0.2) is 8.42 Å². The number of hydrogen-bond donors (Lipinski definition) is 1. The van der Waals surface area contributed by atoms with Crippen LogP contribution < -0.4 is 10.6 Å². The molecule has 2 aromatic rings. The Morgan fingerprint density at radius 1 is 1.11 bits per heavy atom. The lowest BCUT2D eigenvalue weighted by Gasteiger charge is -2.18. The van der Waals surface area contributed by atoms with Crippen molar-refractivity contribution in [2.45, 2.75) is 17.7 Å². The first-order valence-electron chi connectivity index (χ1n) is 8.94. The Labute approximate surface area is 160 Å². The zero-order valence-corrected chi connectivity index (χ0v) is 16.4. The molecule has 2 aromatic carbocycles. The van der Waals surface area contributed by atoms with Gasteiger partial charge in [0.25, 0.3) is 0 Å². The van der Waals surface area contributed by atoms with Crippen molar-refractivity contribution >= 4 is 21.6 Å². The lowest BCUT2D eigenvalue weighted by Crippen LogP contribution is -2.30. The molecular formula is C20H25N3O3S. The standard InChI is InChI=1S/C20H25N3O3S/c1-15(24)22(2)18-8-10-19(11-9-18)27(25,26)23-13-17(12-21)20(14-23)16-6-4-3-5-7-16/h3-11,17,20H,12-14,21H2,1-2H3/t17-,20+/m1/s1. The van der Waals surface area contributed by atoms with Crippen molar-refractivity contribution in [2.24, 2.45) is 11.7 Å². The van der Waals surface area contributed by atoms with Crippen LogP contribution in [0, 0.1) is 5.92 Å². The highest BCUT2D eigenvalue weighted by molar-refractivity contribution is 7.89. The maximum absolute atomic E-state index is 13.1. The fraction of sp³-hybridized carbons (Fsp3) is 0.350. The van der Waals surface area contributed by atoms with Crippen molar-refractivity contribution in [3.05, 3.63) is 60.2 Å². The molecule has 2 N–H and O–H groups in total. The van der Waals surface area contributed by atoms with Crippen LogP contribution in [0.2, 0.25) is 0 Å². The second kappa shape index (κ2) is 7.80. The zero-order chi connectivity index (χ0) is 19.6. The Bertz CT molecular complexity index is 898. The van der Waals surface area contributed by atoms with E-state index in [1.54, 1.807) is 31.3 Å². The van der Waals surface area contributed by atoms with Crippen molar-refractivity contribution in [3.63, 3.8) is 0 Å². The summed E-state index contributed by atoms with van der Waals surface area (Å²) in [5.74, 6) is 0.0704. The predicted molar refractivity (Wildman–Crippen MR) is 106 cm³/mol. The third-order valence-corrected chi connectivity index (χ3v) is 7.12. The Kier molecular flexibility index (Phi) is 5.64. The number of amides is 1. The highest BCUT2D eigenvalue weighted by atomic mass is 32.2. The summed E-state index contributed by atoms with van der Waals surface area (Å²) >= 11 is 0. The summed E-state index contributed by atoms with van der Waals surface area (Å²) in [6, 6.07) is 16.3. The molecule has 144 valence electrons. The van der Waals surface area contributed by atoms with E-state index in [2.05, 4.69) is 0 Å². The Morgan fingerprint density at radius 2 is 1.74 bits per heavy atom. The van der Waals surface area contributed by atoms with E-state index in [4.69, 9.17) is 5.73 Å². The fourth-order valence-corrected chi connectivity index (χ4v) is 5.04. The molecule has 0 spiro atoms. The van der Waals surface area contributed by atoms with Crippen LogP contribution >= 0.6 is 0 Å². The van der Waals surface area contributed by atoms with Gasteiger partial charge in [0.2, 0.25) is 15.9 Å². The average molecular weight is 388 g/mol. The van der Waals surface area contributed by atoms with Crippen molar-refractivity contribution < 1.29 is 13.2 Å². The van der Waals surface area contributed by atoms with Gasteiger partial charge in [-0.05, 0) is 42.3 Å². The summed E-state index contributed by atoms with van der Waals surface area (Å²) in [6.07, 6.45) is 0. The third-order valence-electron chi connectivity index (χ3n) is 5.27. The summed E-state index contributed by atoms with van der Waals surface area (Å²) in [4.78, 5) is 13.2. The second-order valence-corrected chi connectivity index (χ2v) is 8.84. The van der Waals surface area contributed by atoms with Gasteiger partial charge in [0, 0.05) is 38.7 Å². The van der Waals surface area contributed by atoms with E-state index in [1.165, 1.54) is 16.1 Å². The molecule has 1 amide bonds. The third kappa shape index (κ3) is 3.90. The van der Waals surface area contributed by atoms with E-state index >= 15 is 0 Å². The number of rotatable bonds is 5. The minimum Gasteiger partial charge on any atom is -0.330 e. The highest BCUT2D eigenvalue weighted by Crippen LogP contribution is 2.35. The number of benzene rings is 2. The fourth-order valence-electron chi connectivity index (χ4n) is 3.52. The lowest BCUT2D eigenvalue weighted by atomic mass is 9.89. The van der Waals surface area contributed by atoms with Crippen molar-refractivity contribution in [3.8, 4) is 0 Å². The van der Waals surface area contributed by atoms with Gasteiger partial charge in [-0.15, -0.1) is 0 Å². The van der Waals surface area contributed by atoms with Crippen molar-refractivity contribution in [1.29, 1.82) is 0 Å². The quantitative estimate of drug-likeness (QED) is 0.851. The summed E-state index contributed by atoms with van der Waals surface area (Å²) in [6.45, 7) is 2.73. The number of nitrogens with two attached hydrogens (primary N) is 1. The molecule has 2 atom stereocenters. The Morgan fingerprint density at radius 3 is 2.30 bits per heavy atom. The molecular weight excluding hydrogens is 362 g/mol. The summed E-state index contributed by atoms with van der Waals surface area (Å²) in [5, 5.41) is 0. The van der Waals surface area contributed by atoms with Gasteiger partial charge in [-0.2, -0.15) is 4.31 Å². The van der Waals surface area contributed by atoms with Crippen LogP contribution in [0.3, 0.4) is 0 Å². The van der Waals surface area contributed by atoms with E-state index in [0.717, 1.165) is 5.56 Å². The number of sulfonamides is 1. The maximum Gasteiger partial charge on any atom is 0.243 e. The molecule has 1 aliphatic heterocycles. The second-order valence-electron chi connectivity index (χ2n) is 6.91. The van der Waals surface area contributed by atoms with Crippen LogP contribution in [0.4, 0.5) is 5.69 Å². The number of hydrogen-bond acceptors (Lipinski definition) is 4. The minimum absolute atomic E-state index is 0.0882. The highest BCUT2D eigenvalue weighted by Gasteiger charge is 2.39. The van der Waals surface area contributed by atoms with Gasteiger partial charge in [-0.3, -0.25) is 4.79 Å². The van der Waals surface area contributed by atoms with Gasteiger partial charge >= 0.3 is 0 Å². The van der Waals surface area contributed by atoms with E-state index in [9.17, 15) is 13.2 Å². The largest absolute Gasteiger partial charge is 0.330 e. The molecule has 0 bridgehead atoms. The first-order valence-corrected chi connectivity index (χ1v) is 10.4. The minimum atomic E-state index is -3.61. The van der Waals surface area contributed by atoms with Crippen LogP contribution in [0.1, 0.15) is 18.4 Å². The molecule has 1 aliphatic rings. The van der Waals surface area contributed by atoms with E-state index in [-0.39, 0.29) is 22.6 Å². The van der Waals surface area contributed by atoms with Gasteiger partial charge < -0.3 is 10.6 Å². The summed E-state index contributed by atoms with van der Waals surface area (Å²) < 4.78 is 27.7. The maximum atomic E-state index is 13.1. The molecule has 3 rings (SSSR count). The molecule has 0 aliphatic carbocycles. The average Bonchev–Trinajstić information content (AvgIpc) is 3.13. The van der Waals surface area contributed by atoms with E-state index in [0.29, 0.717) is 25.3 Å². The van der Waals surface area contributed by atoms with Crippen LogP contribution in [-0.4, -0.2) is 45.3 Å². The van der Waals surface area contributed by atoms with Gasteiger partial charge in [0.05, 0.1) is 4.90 Å². The smallest absolute Gasteiger partial charge is 0.243 e. The molecule has 1 heterocycles. The van der Waals surface area contributed by atoms with Gasteiger partial charge in [-0.1, -0.05) is 30.3 Å². The number of carbonyl (C=O) groups is 1. The molecule has 1 fully saturated rings. The van der Waals surface area contributed by atoms with E-state index < -0.39 is 10.0 Å². The number of nitrogens with zero attached hydrogens (tertiary/aromatic N) is 2.